The molecule has 1 N–H and O–H groups in total. The summed E-state index contributed by atoms with van der Waals surface area (Å²) in [5.41, 5.74) is 1.37. The minimum Gasteiger partial charge on any atom is -0.497 e. The minimum absolute atomic E-state index is 0.00365. The molecule has 2 aromatic carbocycles. The van der Waals surface area contributed by atoms with Crippen LogP contribution in [0.4, 0.5) is 0 Å². The highest BCUT2D eigenvalue weighted by Crippen LogP contribution is 2.33. The number of Topliss-reactive ketones (excluding diaryl/α,β-unsaturated/α-hetero) is 1. The molecule has 0 fully saturated rings. The molecule has 0 atom stereocenters. The Labute approximate surface area is 147 Å². The molecule has 1 amide bonds. The molecular formula is C20H21NO4. The summed E-state index contributed by atoms with van der Waals surface area (Å²) in [6, 6.07) is 12.5. The Morgan fingerprint density at radius 1 is 1.20 bits per heavy atom. The molecule has 0 bridgehead atoms. The Bertz CT molecular complexity index is 809. The van der Waals surface area contributed by atoms with Crippen molar-refractivity contribution in [2.75, 3.05) is 7.11 Å². The fraction of sp³-hybridized carbons (Fsp3) is 0.300. The Morgan fingerprint density at radius 2 is 1.92 bits per heavy atom. The third-order valence-corrected chi connectivity index (χ3v) is 4.13. The van der Waals surface area contributed by atoms with Gasteiger partial charge in [-0.05, 0) is 49.7 Å². The largest absolute Gasteiger partial charge is 0.497 e. The SMILES string of the molecule is COc1ccc(CNC(=O)c2ccc3c(c2)C(=O)CC(C)(C)O3)cc1. The summed E-state index contributed by atoms with van der Waals surface area (Å²) in [5, 5.41) is 2.86. The number of amides is 1. The Balaban J connectivity index is 1.70. The van der Waals surface area contributed by atoms with Crippen LogP contribution in [0.1, 0.15) is 46.5 Å². The van der Waals surface area contributed by atoms with Crippen molar-refractivity contribution in [2.45, 2.75) is 32.4 Å². The zero-order valence-electron chi connectivity index (χ0n) is 14.6. The van der Waals surface area contributed by atoms with Crippen molar-refractivity contribution in [3.05, 3.63) is 59.2 Å². The molecule has 0 saturated heterocycles. The van der Waals surface area contributed by atoms with Gasteiger partial charge < -0.3 is 14.8 Å². The summed E-state index contributed by atoms with van der Waals surface area (Å²) < 4.78 is 10.9. The summed E-state index contributed by atoms with van der Waals surface area (Å²) in [6.07, 6.45) is 0.303. The van der Waals surface area contributed by atoms with E-state index in [1.165, 1.54) is 0 Å². The molecule has 0 aromatic heterocycles. The van der Waals surface area contributed by atoms with Gasteiger partial charge in [-0.3, -0.25) is 9.59 Å². The van der Waals surface area contributed by atoms with E-state index in [2.05, 4.69) is 5.32 Å². The normalized spacial score (nSPS) is 15.1. The van der Waals surface area contributed by atoms with Crippen LogP contribution in [0.5, 0.6) is 11.5 Å². The van der Waals surface area contributed by atoms with Gasteiger partial charge in [0.1, 0.15) is 17.1 Å². The quantitative estimate of drug-likeness (QED) is 0.927. The van der Waals surface area contributed by atoms with Gasteiger partial charge >= 0.3 is 0 Å². The van der Waals surface area contributed by atoms with Crippen LogP contribution in [0.25, 0.3) is 0 Å². The van der Waals surface area contributed by atoms with E-state index in [-0.39, 0.29) is 11.7 Å². The molecule has 0 saturated carbocycles. The highest BCUT2D eigenvalue weighted by atomic mass is 16.5. The van der Waals surface area contributed by atoms with E-state index >= 15 is 0 Å². The van der Waals surface area contributed by atoms with Gasteiger partial charge in [0.05, 0.1) is 19.1 Å². The smallest absolute Gasteiger partial charge is 0.251 e. The van der Waals surface area contributed by atoms with Crippen molar-refractivity contribution >= 4 is 11.7 Å². The van der Waals surface area contributed by atoms with Crippen LogP contribution < -0.4 is 14.8 Å². The van der Waals surface area contributed by atoms with E-state index in [1.54, 1.807) is 25.3 Å². The van der Waals surface area contributed by atoms with Crippen LogP contribution in [-0.4, -0.2) is 24.4 Å². The fourth-order valence-electron chi connectivity index (χ4n) is 2.82. The van der Waals surface area contributed by atoms with E-state index in [4.69, 9.17) is 9.47 Å². The van der Waals surface area contributed by atoms with E-state index in [0.717, 1.165) is 11.3 Å². The summed E-state index contributed by atoms with van der Waals surface area (Å²) in [6.45, 7) is 4.16. The Morgan fingerprint density at radius 3 is 2.60 bits per heavy atom. The van der Waals surface area contributed by atoms with Crippen LogP contribution in [0, 0.1) is 0 Å². The second-order valence-electron chi connectivity index (χ2n) is 6.70. The lowest BCUT2D eigenvalue weighted by molar-refractivity contribution is 0.0620. The molecule has 5 heteroatoms. The van der Waals surface area contributed by atoms with Crippen molar-refractivity contribution in [2.24, 2.45) is 0 Å². The second-order valence-corrected chi connectivity index (χ2v) is 6.70. The van der Waals surface area contributed by atoms with E-state index in [0.29, 0.717) is 29.8 Å². The number of nitrogens with one attached hydrogen (secondary N) is 1. The van der Waals surface area contributed by atoms with Gasteiger partial charge in [0.2, 0.25) is 0 Å². The van der Waals surface area contributed by atoms with Gasteiger partial charge in [0.15, 0.2) is 5.78 Å². The highest BCUT2D eigenvalue weighted by molar-refractivity contribution is 6.03. The van der Waals surface area contributed by atoms with Crippen molar-refractivity contribution in [1.29, 1.82) is 0 Å². The highest BCUT2D eigenvalue weighted by Gasteiger charge is 2.32. The average molecular weight is 339 g/mol. The Kier molecular flexibility index (Phi) is 4.49. The first-order valence-electron chi connectivity index (χ1n) is 8.15. The number of methoxy groups -OCH3 is 1. The van der Waals surface area contributed by atoms with Crippen LogP contribution >= 0.6 is 0 Å². The molecular weight excluding hydrogens is 318 g/mol. The molecule has 1 heterocycles. The molecule has 2 aromatic rings. The summed E-state index contributed by atoms with van der Waals surface area (Å²) >= 11 is 0. The van der Waals surface area contributed by atoms with Gasteiger partial charge in [0, 0.05) is 12.1 Å². The van der Waals surface area contributed by atoms with Gasteiger partial charge in [-0.25, -0.2) is 0 Å². The van der Waals surface area contributed by atoms with Gasteiger partial charge in [-0.15, -0.1) is 0 Å². The van der Waals surface area contributed by atoms with Crippen molar-refractivity contribution in [1.82, 2.24) is 5.32 Å². The first-order chi connectivity index (χ1) is 11.9. The van der Waals surface area contributed by atoms with Gasteiger partial charge in [-0.1, -0.05) is 12.1 Å². The van der Waals surface area contributed by atoms with Crippen LogP contribution in [0.15, 0.2) is 42.5 Å². The first kappa shape index (κ1) is 17.0. The molecule has 0 radical (unpaired) electrons. The third-order valence-electron chi connectivity index (χ3n) is 4.13. The molecule has 3 rings (SSSR count). The number of rotatable bonds is 4. The van der Waals surface area contributed by atoms with E-state index < -0.39 is 5.60 Å². The molecule has 0 aliphatic carbocycles. The molecule has 0 spiro atoms. The van der Waals surface area contributed by atoms with Crippen LogP contribution in [0.2, 0.25) is 0 Å². The van der Waals surface area contributed by atoms with Crippen LogP contribution in [-0.2, 0) is 6.54 Å². The predicted octanol–water partition coefficient (Wildman–Crippen LogP) is 3.37. The molecule has 130 valence electrons. The van der Waals surface area contributed by atoms with E-state index in [9.17, 15) is 9.59 Å². The zero-order valence-corrected chi connectivity index (χ0v) is 14.6. The van der Waals surface area contributed by atoms with Crippen molar-refractivity contribution < 1.29 is 19.1 Å². The standard InChI is InChI=1S/C20H21NO4/c1-20(2)11-17(22)16-10-14(6-9-18(16)25-20)19(23)21-12-13-4-7-15(24-3)8-5-13/h4-10H,11-12H2,1-3H3,(H,21,23). The Hall–Kier alpha value is -2.82. The zero-order chi connectivity index (χ0) is 18.0. The molecule has 1 aliphatic heterocycles. The first-order valence-corrected chi connectivity index (χ1v) is 8.15. The van der Waals surface area contributed by atoms with Gasteiger partial charge in [0.25, 0.3) is 5.91 Å². The number of benzene rings is 2. The maximum atomic E-state index is 12.4. The summed E-state index contributed by atoms with van der Waals surface area (Å²) in [4.78, 5) is 24.7. The number of ketones is 1. The second kappa shape index (κ2) is 6.59. The topological polar surface area (TPSA) is 64.6 Å². The average Bonchev–Trinajstić information content (AvgIpc) is 2.59. The molecule has 0 unspecified atom stereocenters. The van der Waals surface area contributed by atoms with Crippen molar-refractivity contribution in [3.63, 3.8) is 0 Å². The number of fused-ring (bicyclic) bond motifs is 1. The molecule has 1 aliphatic rings. The fourth-order valence-corrected chi connectivity index (χ4v) is 2.82. The lowest BCUT2D eigenvalue weighted by Gasteiger charge is -2.31. The number of hydrogen-bond acceptors (Lipinski definition) is 4. The maximum absolute atomic E-state index is 12.4. The molecule has 25 heavy (non-hydrogen) atoms. The lowest BCUT2D eigenvalue weighted by atomic mass is 9.92. The predicted molar refractivity (Wildman–Crippen MR) is 94.3 cm³/mol. The number of ether oxygens (including phenoxy) is 2. The number of carbonyl (C=O) groups excluding carboxylic acids is 2. The summed E-state index contributed by atoms with van der Waals surface area (Å²) in [5.74, 6) is 1.08. The minimum atomic E-state index is -0.512. The monoisotopic (exact) mass is 339 g/mol. The van der Waals surface area contributed by atoms with Gasteiger partial charge in [-0.2, -0.15) is 0 Å². The van der Waals surface area contributed by atoms with Crippen molar-refractivity contribution in [3.8, 4) is 11.5 Å². The number of carbonyl (C=O) groups is 2. The lowest BCUT2D eigenvalue weighted by Crippen LogP contribution is -2.36. The van der Waals surface area contributed by atoms with Crippen LogP contribution in [0.3, 0.4) is 0 Å². The number of hydrogen-bond donors (Lipinski definition) is 1. The molecule has 5 nitrogen and oxygen atoms in total. The third kappa shape index (κ3) is 3.82. The summed E-state index contributed by atoms with van der Waals surface area (Å²) in [7, 11) is 1.61. The maximum Gasteiger partial charge on any atom is 0.251 e. The van der Waals surface area contributed by atoms with E-state index in [1.807, 2.05) is 38.1 Å².